The van der Waals surface area contributed by atoms with Gasteiger partial charge in [0.1, 0.15) is 0 Å². The molecule has 0 radical (unpaired) electrons. The van der Waals surface area contributed by atoms with Crippen LogP contribution in [0, 0.1) is 0 Å². The molecule has 10 aromatic rings. The molecule has 0 aliphatic carbocycles. The van der Waals surface area contributed by atoms with Crippen LogP contribution in [0.5, 0.6) is 46.0 Å². The average Bonchev–Trinajstić information content (AvgIpc) is 0.740. The van der Waals surface area contributed by atoms with Crippen LogP contribution in [0.1, 0.15) is 512 Å². The third-order valence-electron chi connectivity index (χ3n) is 28.0. The normalized spacial score (nSPS) is 13.4. The summed E-state index contributed by atoms with van der Waals surface area (Å²) in [6.07, 6.45) is 0. The first-order valence-corrected chi connectivity index (χ1v) is 50.0. The van der Waals surface area contributed by atoms with Crippen molar-refractivity contribution in [2.75, 3.05) is 0 Å². The second-order valence-corrected chi connectivity index (χ2v) is 56.6. The fraction of sp³-hybridized carbons (Fsp3) is 0.531. The van der Waals surface area contributed by atoms with Gasteiger partial charge in [0.15, 0.2) is 0 Å². The molecule has 0 saturated carbocycles. The maximum Gasteiger partial charge on any atom is 0.0328 e. The van der Waals surface area contributed by atoms with E-state index in [1.165, 1.54) is 0 Å². The van der Waals surface area contributed by atoms with Crippen molar-refractivity contribution >= 4 is 0 Å². The van der Waals surface area contributed by atoms with Crippen LogP contribution < -0.4 is 40.9 Å². The topological polar surface area (TPSA) is 241 Å². The fourth-order valence-corrected chi connectivity index (χ4v) is 18.7. The maximum atomic E-state index is 15.3. The third kappa shape index (κ3) is 26.8. The number of benzene rings is 10. The van der Waals surface area contributed by atoms with Gasteiger partial charge < -0.3 is 51.8 Å². The summed E-state index contributed by atoms with van der Waals surface area (Å²) < 4.78 is 0. The van der Waals surface area contributed by atoms with Gasteiger partial charge in [0, 0.05) is 65.8 Å². The molecular weight excluding hydrogens is 2070 g/mol. The van der Waals surface area contributed by atoms with Gasteiger partial charge in [-0.05, 0) is 242 Å². The van der Waals surface area contributed by atoms with Crippen molar-refractivity contribution in [2.24, 2.45) is 0 Å². The molecular formula is C128H172O10W2-12. The second kappa shape index (κ2) is 41.1. The van der Waals surface area contributed by atoms with Gasteiger partial charge in [-0.1, -0.05) is 478 Å². The van der Waals surface area contributed by atoms with Gasteiger partial charge in [-0.15, -0.1) is 46.0 Å². The van der Waals surface area contributed by atoms with Gasteiger partial charge in [0.05, 0.1) is 0 Å². The molecule has 0 N–H and O–H groups in total. The summed E-state index contributed by atoms with van der Waals surface area (Å²) in [5.41, 5.74) is 15.6. The molecule has 0 unspecified atom stereocenters. The molecule has 0 heterocycles. The summed E-state index contributed by atoms with van der Waals surface area (Å²) in [4.78, 5) is 0. The Kier molecular flexibility index (Phi) is 35.9. The van der Waals surface area contributed by atoms with E-state index in [1.807, 2.05) is 97.1 Å². The number of hydrogen-bond donors (Lipinski definition) is 0. The zero-order chi connectivity index (χ0) is 104. The number of rotatable bonds is 12. The van der Waals surface area contributed by atoms with Gasteiger partial charge in [0.2, 0.25) is 0 Å². The summed E-state index contributed by atoms with van der Waals surface area (Å²) in [7, 11) is 0. The van der Waals surface area contributed by atoms with E-state index in [9.17, 15) is 0 Å². The Morgan fingerprint density at radius 1 is 0.136 bits per heavy atom. The molecule has 0 amide bonds. The summed E-state index contributed by atoms with van der Waals surface area (Å²) >= 11 is 0. The Morgan fingerprint density at radius 3 is 0.279 bits per heavy atom. The van der Waals surface area contributed by atoms with Gasteiger partial charge in [-0.2, -0.15) is 0 Å². The first kappa shape index (κ1) is 122. The standard InChI is InChI=1S/2C64H90O4.2O.2W/c2*1-57(2,3)39-29-43(53(65)47(33-39)61(13,14)15)51(44-30-40(58(4,5)6)34-48(54(44)66)62(16,17)18)37-25-27-38(28-26-37)52(45-31-41(59(7,8)9)35-49(55(45)67)63(19,20)21)46-32-42(60(10,11)12)36-50(56(46)68)64(22,23)24;;;;/h2*25-36,51-52,65-68H,1-24H3;;;;/q;;2*-2;;/p-8. The first-order chi connectivity index (χ1) is 60.9. The Labute approximate surface area is 877 Å². The van der Waals surface area contributed by atoms with Crippen LogP contribution in [0.15, 0.2) is 146 Å². The van der Waals surface area contributed by atoms with E-state index in [4.69, 9.17) is 0 Å². The SMILES string of the molecule is CC(C)(C)c1cc(C(c2ccc(C(c3cc(C(C)(C)C)cc(C(C)(C)C)c3[O-])c3cc(C(C)(C)C)cc(C(C)(C)C)c3[O-])cc2)c2cc(C(C)(C)C)cc(C(C)(C)C)c2[O-])c([O-])c(C(C)(C)C)c1.CC(C)(C)c1cc(C(c2ccc(C(c3cc(C(C)(C)C)cc(C(C)(C)C)c3[O-])c3cc(C(C)(C)C)cc(C(C)(C)C)c3[O-])cc2)c2cc(C(C)(C)C)cc(C(C)(C)C)c2[O-])c([O-])c(C(C)(C)C)c1.[O-2].[O-2].[W].[W]. The van der Waals surface area contributed by atoms with Gasteiger partial charge in [-0.25, -0.2) is 0 Å². The second-order valence-electron chi connectivity index (χ2n) is 56.6. The van der Waals surface area contributed by atoms with E-state index in [-0.39, 0.29) is 142 Å². The Balaban J connectivity index is 0.000000480. The van der Waals surface area contributed by atoms with Gasteiger partial charge in [0.25, 0.3) is 0 Å². The van der Waals surface area contributed by atoms with Crippen molar-refractivity contribution < 1.29 is 93.9 Å². The molecule has 10 nitrogen and oxygen atoms in total. The third-order valence-corrected chi connectivity index (χ3v) is 28.0. The van der Waals surface area contributed by atoms with E-state index in [0.717, 1.165) is 66.8 Å². The van der Waals surface area contributed by atoms with Crippen molar-refractivity contribution in [2.45, 2.75) is 443 Å². The summed E-state index contributed by atoms with van der Waals surface area (Å²) in [5, 5.41) is 122. The average molecular weight is 2240 g/mol. The zero-order valence-corrected chi connectivity index (χ0v) is 101. The van der Waals surface area contributed by atoms with Crippen LogP contribution in [-0.2, 0) is 140 Å². The Hall–Kier alpha value is -8.10. The van der Waals surface area contributed by atoms with E-state index < -0.39 is 67.0 Å². The molecule has 0 spiro atoms. The van der Waals surface area contributed by atoms with Crippen LogP contribution in [0.3, 0.4) is 0 Å². The largest absolute Gasteiger partial charge is 2.00 e. The molecule has 0 fully saturated rings. The molecule has 768 valence electrons. The Morgan fingerprint density at radius 2 is 0.214 bits per heavy atom. The molecule has 0 saturated heterocycles. The van der Waals surface area contributed by atoms with Crippen LogP contribution in [0.2, 0.25) is 0 Å². The molecule has 0 aliphatic heterocycles. The monoisotopic (exact) mass is 2240 g/mol. The van der Waals surface area contributed by atoms with Crippen LogP contribution in [0.4, 0.5) is 0 Å². The quantitative estimate of drug-likeness (QED) is 0.106. The predicted molar refractivity (Wildman–Crippen MR) is 564 cm³/mol. The van der Waals surface area contributed by atoms with E-state index in [1.54, 1.807) is 0 Å². The molecule has 0 atom stereocenters. The van der Waals surface area contributed by atoms with E-state index in [0.29, 0.717) is 89.0 Å². The minimum Gasteiger partial charge on any atom is -2.00 e. The zero-order valence-electron chi connectivity index (χ0n) is 95.1. The summed E-state index contributed by atoms with van der Waals surface area (Å²) in [6, 6.07) is 49.2. The van der Waals surface area contributed by atoms with Crippen molar-refractivity contribution in [1.82, 2.24) is 0 Å². The molecule has 0 aromatic heterocycles. The molecule has 10 rings (SSSR count). The minimum atomic E-state index is -0.715. The smallest absolute Gasteiger partial charge is 0.0328 e. The van der Waals surface area contributed by atoms with Gasteiger partial charge in [-0.3, -0.25) is 0 Å². The van der Waals surface area contributed by atoms with Crippen LogP contribution in [0.25, 0.3) is 0 Å². The molecule has 12 heteroatoms. The first-order valence-electron chi connectivity index (χ1n) is 50.0. The molecule has 0 bridgehead atoms. The Bertz CT molecular complexity index is 5000. The molecule has 0 aliphatic rings. The summed E-state index contributed by atoms with van der Waals surface area (Å²) in [5.74, 6) is -3.38. The van der Waals surface area contributed by atoms with E-state index >= 15 is 40.9 Å². The van der Waals surface area contributed by atoms with E-state index in [2.05, 4.69) is 381 Å². The fourth-order valence-electron chi connectivity index (χ4n) is 18.7. The summed E-state index contributed by atoms with van der Waals surface area (Å²) in [6.45, 7) is 102. The van der Waals surface area contributed by atoms with Crippen molar-refractivity contribution in [3.05, 3.63) is 301 Å². The maximum absolute atomic E-state index is 15.3. The molecule has 140 heavy (non-hydrogen) atoms. The van der Waals surface area contributed by atoms with Crippen molar-refractivity contribution in [3.63, 3.8) is 0 Å². The van der Waals surface area contributed by atoms with Gasteiger partial charge >= 0.3 is 0 Å². The van der Waals surface area contributed by atoms with Crippen molar-refractivity contribution in [1.29, 1.82) is 0 Å². The van der Waals surface area contributed by atoms with Crippen LogP contribution in [-0.4, -0.2) is 0 Å². The van der Waals surface area contributed by atoms with Crippen molar-refractivity contribution in [3.8, 4) is 46.0 Å². The van der Waals surface area contributed by atoms with Crippen LogP contribution >= 0.6 is 0 Å². The molecule has 10 aromatic carbocycles. The number of hydrogen-bond acceptors (Lipinski definition) is 8. The minimum absolute atomic E-state index is 0. The predicted octanol–water partition coefficient (Wildman–Crippen LogP) is 29.2.